The summed E-state index contributed by atoms with van der Waals surface area (Å²) in [7, 11) is 0. The van der Waals surface area contributed by atoms with E-state index in [-0.39, 0.29) is 6.61 Å². The first-order valence-corrected chi connectivity index (χ1v) is 6.84. The van der Waals surface area contributed by atoms with Gasteiger partial charge in [-0.2, -0.15) is 0 Å². The molecule has 2 rings (SSSR count). The third-order valence-corrected chi connectivity index (χ3v) is 3.14. The van der Waals surface area contributed by atoms with Crippen molar-refractivity contribution in [1.29, 1.82) is 0 Å². The minimum Gasteiger partial charge on any atom is -0.443 e. The first-order chi connectivity index (χ1) is 9.33. The lowest BCUT2D eigenvalue weighted by Gasteiger charge is -2.19. The maximum absolute atomic E-state index is 12.2. The van der Waals surface area contributed by atoms with E-state index in [0.29, 0.717) is 17.0 Å². The fraction of sp³-hybridized carbons (Fsp3) is 0.400. The molecule has 20 heavy (non-hydrogen) atoms. The molecule has 0 radical (unpaired) electrons. The predicted molar refractivity (Wildman–Crippen MR) is 79.4 cm³/mol. The summed E-state index contributed by atoms with van der Waals surface area (Å²) >= 11 is 6.20. The van der Waals surface area contributed by atoms with Crippen LogP contribution in [0.1, 0.15) is 26.3 Å². The SMILES string of the molecule is CC(C)(C)OC(=O)n1cc(CCO)c2c(Cl)cccc21. The average Bonchev–Trinajstić information content (AvgIpc) is 2.68. The molecule has 1 N–H and O–H groups in total. The molecule has 0 amide bonds. The first kappa shape index (κ1) is 14.9. The molecule has 0 aliphatic carbocycles. The van der Waals surface area contributed by atoms with Crippen molar-refractivity contribution in [2.45, 2.75) is 32.8 Å². The number of nitrogens with zero attached hydrogens (tertiary/aromatic N) is 1. The molecule has 0 bridgehead atoms. The van der Waals surface area contributed by atoms with Crippen LogP contribution in [0.4, 0.5) is 4.79 Å². The normalized spacial score (nSPS) is 11.8. The Balaban J connectivity index is 2.54. The summed E-state index contributed by atoms with van der Waals surface area (Å²) in [6, 6.07) is 5.37. The summed E-state index contributed by atoms with van der Waals surface area (Å²) in [4.78, 5) is 12.2. The fourth-order valence-electron chi connectivity index (χ4n) is 2.09. The zero-order valence-corrected chi connectivity index (χ0v) is 12.6. The van der Waals surface area contributed by atoms with E-state index in [1.807, 2.05) is 26.8 Å². The average molecular weight is 296 g/mol. The van der Waals surface area contributed by atoms with E-state index in [1.165, 1.54) is 4.57 Å². The highest BCUT2D eigenvalue weighted by Gasteiger charge is 2.21. The lowest BCUT2D eigenvalue weighted by molar-refractivity contribution is 0.0544. The Labute approximate surface area is 122 Å². The molecule has 1 aromatic heterocycles. The van der Waals surface area contributed by atoms with E-state index in [2.05, 4.69) is 0 Å². The van der Waals surface area contributed by atoms with Crippen molar-refractivity contribution < 1.29 is 14.6 Å². The highest BCUT2D eigenvalue weighted by atomic mass is 35.5. The van der Waals surface area contributed by atoms with Crippen LogP contribution in [0.25, 0.3) is 10.9 Å². The van der Waals surface area contributed by atoms with Crippen LogP contribution in [0, 0.1) is 0 Å². The van der Waals surface area contributed by atoms with E-state index in [9.17, 15) is 4.79 Å². The number of aromatic nitrogens is 1. The van der Waals surface area contributed by atoms with Gasteiger partial charge in [-0.25, -0.2) is 4.79 Å². The Hall–Kier alpha value is -1.52. The minimum absolute atomic E-state index is 0.00133. The summed E-state index contributed by atoms with van der Waals surface area (Å²) in [6.45, 7) is 5.45. The molecule has 0 saturated heterocycles. The Bertz CT molecular complexity index is 640. The summed E-state index contributed by atoms with van der Waals surface area (Å²) in [5.74, 6) is 0. The molecule has 0 aliphatic heterocycles. The Morgan fingerprint density at radius 1 is 1.40 bits per heavy atom. The first-order valence-electron chi connectivity index (χ1n) is 6.46. The fourth-order valence-corrected chi connectivity index (χ4v) is 2.38. The van der Waals surface area contributed by atoms with Crippen molar-refractivity contribution in [3.63, 3.8) is 0 Å². The lowest BCUT2D eigenvalue weighted by atomic mass is 10.1. The second-order valence-electron chi connectivity index (χ2n) is 5.61. The summed E-state index contributed by atoms with van der Waals surface area (Å²) in [5, 5.41) is 10.5. The van der Waals surface area contributed by atoms with Crippen LogP contribution in [0.5, 0.6) is 0 Å². The van der Waals surface area contributed by atoms with Gasteiger partial charge in [0.15, 0.2) is 0 Å². The number of aliphatic hydroxyl groups excluding tert-OH is 1. The van der Waals surface area contributed by atoms with Crippen LogP contribution in [0.15, 0.2) is 24.4 Å². The molecule has 0 spiro atoms. The molecule has 0 atom stereocenters. The van der Waals surface area contributed by atoms with Gasteiger partial charge in [0, 0.05) is 18.2 Å². The number of ether oxygens (including phenoxy) is 1. The topological polar surface area (TPSA) is 51.5 Å². The van der Waals surface area contributed by atoms with Crippen LogP contribution >= 0.6 is 11.6 Å². The molecule has 1 heterocycles. The summed E-state index contributed by atoms with van der Waals surface area (Å²) in [5.41, 5.74) is 0.956. The molecule has 2 aromatic rings. The molecule has 1 aromatic carbocycles. The van der Waals surface area contributed by atoms with Gasteiger partial charge in [-0.15, -0.1) is 0 Å². The number of fused-ring (bicyclic) bond motifs is 1. The Morgan fingerprint density at radius 2 is 2.10 bits per heavy atom. The minimum atomic E-state index is -0.566. The van der Waals surface area contributed by atoms with Crippen molar-refractivity contribution in [1.82, 2.24) is 4.57 Å². The maximum atomic E-state index is 12.2. The van der Waals surface area contributed by atoms with E-state index >= 15 is 0 Å². The number of aliphatic hydroxyl groups is 1. The van der Waals surface area contributed by atoms with Crippen LogP contribution in [-0.2, 0) is 11.2 Å². The molecule has 4 nitrogen and oxygen atoms in total. The Kier molecular flexibility index (Phi) is 4.06. The number of carbonyl (C=O) groups is 1. The van der Waals surface area contributed by atoms with Gasteiger partial charge in [-0.1, -0.05) is 17.7 Å². The van der Waals surface area contributed by atoms with Gasteiger partial charge < -0.3 is 9.84 Å². The summed E-state index contributed by atoms with van der Waals surface area (Å²) in [6.07, 6.45) is 1.67. The third-order valence-electron chi connectivity index (χ3n) is 2.83. The largest absolute Gasteiger partial charge is 0.443 e. The van der Waals surface area contributed by atoms with Gasteiger partial charge in [0.1, 0.15) is 5.60 Å². The van der Waals surface area contributed by atoms with Crippen molar-refractivity contribution >= 4 is 28.6 Å². The molecule has 0 unspecified atom stereocenters. The standard InChI is InChI=1S/C15H18ClNO3/c1-15(2,3)20-14(19)17-9-10(7-8-18)13-11(16)5-4-6-12(13)17/h4-6,9,18H,7-8H2,1-3H3. The highest BCUT2D eigenvalue weighted by Crippen LogP contribution is 2.29. The van der Waals surface area contributed by atoms with E-state index < -0.39 is 11.7 Å². The number of benzene rings is 1. The van der Waals surface area contributed by atoms with E-state index in [1.54, 1.807) is 18.3 Å². The number of carbonyl (C=O) groups excluding carboxylic acids is 1. The smallest absolute Gasteiger partial charge is 0.419 e. The number of rotatable bonds is 2. The van der Waals surface area contributed by atoms with Crippen LogP contribution < -0.4 is 0 Å². The van der Waals surface area contributed by atoms with Gasteiger partial charge >= 0.3 is 6.09 Å². The quantitative estimate of drug-likeness (QED) is 0.921. The number of hydrogen-bond acceptors (Lipinski definition) is 3. The molecule has 0 fully saturated rings. The summed E-state index contributed by atoms with van der Waals surface area (Å²) < 4.78 is 6.82. The molecular formula is C15H18ClNO3. The molecular weight excluding hydrogens is 278 g/mol. The van der Waals surface area contributed by atoms with Gasteiger partial charge in [-0.3, -0.25) is 4.57 Å². The van der Waals surface area contributed by atoms with Crippen LogP contribution in [-0.4, -0.2) is 28.0 Å². The van der Waals surface area contributed by atoms with Gasteiger partial charge in [-0.05, 0) is 44.9 Å². The molecule has 108 valence electrons. The van der Waals surface area contributed by atoms with Gasteiger partial charge in [0.05, 0.1) is 10.5 Å². The van der Waals surface area contributed by atoms with Crippen molar-refractivity contribution in [3.8, 4) is 0 Å². The lowest BCUT2D eigenvalue weighted by Crippen LogP contribution is -2.26. The van der Waals surface area contributed by atoms with Crippen LogP contribution in [0.2, 0.25) is 5.02 Å². The number of halogens is 1. The zero-order valence-electron chi connectivity index (χ0n) is 11.8. The Morgan fingerprint density at radius 3 is 2.70 bits per heavy atom. The van der Waals surface area contributed by atoms with E-state index in [4.69, 9.17) is 21.4 Å². The van der Waals surface area contributed by atoms with Gasteiger partial charge in [0.2, 0.25) is 0 Å². The molecule has 0 saturated carbocycles. The van der Waals surface area contributed by atoms with Crippen LogP contribution in [0.3, 0.4) is 0 Å². The maximum Gasteiger partial charge on any atom is 0.419 e. The number of hydrogen-bond donors (Lipinski definition) is 1. The second-order valence-corrected chi connectivity index (χ2v) is 6.02. The predicted octanol–water partition coefficient (Wildman–Crippen LogP) is 3.61. The second kappa shape index (κ2) is 5.46. The molecule has 5 heteroatoms. The van der Waals surface area contributed by atoms with Crippen molar-refractivity contribution in [3.05, 3.63) is 35.0 Å². The monoisotopic (exact) mass is 295 g/mol. The van der Waals surface area contributed by atoms with E-state index in [0.717, 1.165) is 10.9 Å². The zero-order chi connectivity index (χ0) is 14.9. The molecule has 0 aliphatic rings. The third kappa shape index (κ3) is 2.97. The van der Waals surface area contributed by atoms with Crippen molar-refractivity contribution in [2.75, 3.05) is 6.61 Å². The van der Waals surface area contributed by atoms with Crippen molar-refractivity contribution in [2.24, 2.45) is 0 Å². The van der Waals surface area contributed by atoms with Gasteiger partial charge in [0.25, 0.3) is 0 Å². The highest BCUT2D eigenvalue weighted by molar-refractivity contribution is 6.35.